The van der Waals surface area contributed by atoms with E-state index in [4.69, 9.17) is 9.57 Å². The molecule has 0 aliphatic carbocycles. The number of methoxy groups -OCH3 is 1. The average Bonchev–Trinajstić information content (AvgIpc) is 3.27. The Hall–Kier alpha value is -4.32. The lowest BCUT2D eigenvalue weighted by atomic mass is 10.0. The summed E-state index contributed by atoms with van der Waals surface area (Å²) in [7, 11) is 1.26. The number of hydrogen-bond donors (Lipinski definition) is 1. The smallest absolute Gasteiger partial charge is 0.489 e. The Morgan fingerprint density at radius 3 is 2.62 bits per heavy atom. The predicted molar refractivity (Wildman–Crippen MR) is 146 cm³/mol. The maximum Gasteiger partial charge on any atom is 0.573 e. The summed E-state index contributed by atoms with van der Waals surface area (Å²) in [6.07, 6.45) is -3.68. The third-order valence-corrected chi connectivity index (χ3v) is 7.13. The molecule has 2 heterocycles. The zero-order chi connectivity index (χ0) is 28.9. The van der Waals surface area contributed by atoms with E-state index in [1.165, 1.54) is 36.6 Å². The average molecular weight is 574 g/mol. The monoisotopic (exact) mass is 573 g/mol. The van der Waals surface area contributed by atoms with Crippen LogP contribution in [0.2, 0.25) is 0 Å². The molecule has 0 atom stereocenters. The number of ether oxygens (including phenoxy) is 3. The van der Waals surface area contributed by atoms with E-state index in [1.54, 1.807) is 19.2 Å². The fraction of sp³-hybridized carbons (Fsp3) is 0.250. The molecular formula is C28H26F3N3O5S. The van der Waals surface area contributed by atoms with Crippen molar-refractivity contribution in [2.75, 3.05) is 13.7 Å². The van der Waals surface area contributed by atoms with Gasteiger partial charge in [0.2, 0.25) is 0 Å². The van der Waals surface area contributed by atoms with Gasteiger partial charge in [0, 0.05) is 27.3 Å². The number of benzene rings is 2. The van der Waals surface area contributed by atoms with Crippen LogP contribution in [0.15, 0.2) is 70.1 Å². The highest BCUT2D eigenvalue weighted by molar-refractivity contribution is 7.17. The Kier molecular flexibility index (Phi) is 8.78. The van der Waals surface area contributed by atoms with E-state index in [2.05, 4.69) is 25.2 Å². The summed E-state index contributed by atoms with van der Waals surface area (Å²) in [5, 5.41) is 7.88. The topological polar surface area (TPSA) is 90.7 Å². The van der Waals surface area contributed by atoms with E-state index in [9.17, 15) is 18.0 Å². The summed E-state index contributed by atoms with van der Waals surface area (Å²) in [6.45, 7) is 5.87. The number of nitrogens with one attached hydrogen (secondary N) is 1. The first-order valence-corrected chi connectivity index (χ1v) is 12.8. The van der Waals surface area contributed by atoms with Crippen LogP contribution in [0.1, 0.15) is 34.9 Å². The quantitative estimate of drug-likeness (QED) is 0.229. The molecular weight excluding hydrogens is 547 g/mol. The van der Waals surface area contributed by atoms with Crippen LogP contribution in [-0.4, -0.2) is 38.1 Å². The molecule has 1 amide bonds. The van der Waals surface area contributed by atoms with Gasteiger partial charge in [-0.05, 0) is 73.9 Å². The van der Waals surface area contributed by atoms with Crippen molar-refractivity contribution in [3.63, 3.8) is 0 Å². The highest BCUT2D eigenvalue weighted by Crippen LogP contribution is 2.36. The van der Waals surface area contributed by atoms with E-state index in [1.807, 2.05) is 38.1 Å². The van der Waals surface area contributed by atoms with Gasteiger partial charge in [-0.25, -0.2) is 10.2 Å². The summed E-state index contributed by atoms with van der Waals surface area (Å²) in [5.41, 5.74) is 6.59. The molecule has 1 aliphatic heterocycles. The number of oxime groups is 1. The number of allylic oxidation sites excluding steroid dienone is 1. The molecule has 40 heavy (non-hydrogen) atoms. The Labute approximate surface area is 232 Å². The third kappa shape index (κ3) is 7.20. The Balaban J connectivity index is 1.44. The molecule has 210 valence electrons. The molecule has 0 spiro atoms. The zero-order valence-electron chi connectivity index (χ0n) is 22.1. The van der Waals surface area contributed by atoms with Crippen molar-refractivity contribution in [3.05, 3.63) is 81.4 Å². The predicted octanol–water partition coefficient (Wildman–Crippen LogP) is 7.10. The molecule has 8 nitrogen and oxygen atoms in total. The summed E-state index contributed by atoms with van der Waals surface area (Å²) >= 11 is 1.53. The molecule has 1 N–H and O–H groups in total. The molecule has 3 aromatic rings. The number of thiophene rings is 1. The molecule has 1 aliphatic rings. The zero-order valence-corrected chi connectivity index (χ0v) is 22.9. The molecule has 0 unspecified atom stereocenters. The van der Waals surface area contributed by atoms with Crippen molar-refractivity contribution in [2.45, 2.75) is 33.6 Å². The number of hydrogen-bond acceptors (Lipinski definition) is 8. The van der Waals surface area contributed by atoms with Crippen LogP contribution in [0.3, 0.4) is 0 Å². The van der Waals surface area contributed by atoms with Gasteiger partial charge in [-0.15, -0.1) is 24.5 Å². The number of alkyl halides is 3. The number of amides is 1. The van der Waals surface area contributed by atoms with Gasteiger partial charge >= 0.3 is 12.5 Å². The second-order valence-corrected chi connectivity index (χ2v) is 9.88. The van der Waals surface area contributed by atoms with Gasteiger partial charge < -0.3 is 19.0 Å². The van der Waals surface area contributed by atoms with Crippen molar-refractivity contribution in [3.8, 4) is 21.9 Å². The standard InChI is InChI=1S/C28H26F3N3O5S/c1-16-11-20(9-10-22(16)26-17(2)12-21(40-26)14-32-33-27(35)36-4)37-15-19-13-24(34-39-18(19)3)23-7-5-6-8-25(23)38-28(29,30)31/h5-12,14H,13,15H2,1-4H3,(H,33,35)/b32-14+. The number of halogens is 3. The number of carbonyl (C=O) groups is 1. The van der Waals surface area contributed by atoms with E-state index in [-0.39, 0.29) is 24.3 Å². The van der Waals surface area contributed by atoms with Gasteiger partial charge in [-0.2, -0.15) is 5.10 Å². The number of aryl methyl sites for hydroxylation is 2. The Morgan fingerprint density at radius 1 is 1.12 bits per heavy atom. The third-order valence-electron chi connectivity index (χ3n) is 5.92. The molecule has 0 radical (unpaired) electrons. The van der Waals surface area contributed by atoms with E-state index < -0.39 is 12.5 Å². The number of nitrogens with zero attached hydrogens (tertiary/aromatic N) is 2. The molecule has 0 saturated heterocycles. The minimum absolute atomic E-state index is 0.164. The van der Waals surface area contributed by atoms with Gasteiger partial charge in [-0.3, -0.25) is 0 Å². The van der Waals surface area contributed by atoms with Crippen LogP contribution < -0.4 is 14.9 Å². The van der Waals surface area contributed by atoms with Gasteiger partial charge in [0.15, 0.2) is 0 Å². The van der Waals surface area contributed by atoms with Gasteiger partial charge in [0.05, 0.1) is 19.0 Å². The second-order valence-electron chi connectivity index (χ2n) is 8.80. The first kappa shape index (κ1) is 28.7. The number of para-hydroxylation sites is 1. The van der Waals surface area contributed by atoms with E-state index >= 15 is 0 Å². The van der Waals surface area contributed by atoms with Crippen molar-refractivity contribution < 1.29 is 37.0 Å². The van der Waals surface area contributed by atoms with E-state index in [0.29, 0.717) is 17.2 Å². The Morgan fingerprint density at radius 2 is 1.90 bits per heavy atom. The van der Waals surface area contributed by atoms with Crippen LogP contribution in [0.4, 0.5) is 18.0 Å². The summed E-state index contributed by atoms with van der Waals surface area (Å²) < 4.78 is 53.3. The van der Waals surface area contributed by atoms with Gasteiger partial charge in [0.1, 0.15) is 23.9 Å². The maximum absolute atomic E-state index is 12.9. The maximum atomic E-state index is 12.9. The first-order chi connectivity index (χ1) is 19.0. The minimum Gasteiger partial charge on any atom is -0.489 e. The van der Waals surface area contributed by atoms with Crippen molar-refractivity contribution in [2.24, 2.45) is 10.3 Å². The lowest BCUT2D eigenvalue weighted by Gasteiger charge is -2.20. The summed E-state index contributed by atoms with van der Waals surface area (Å²) in [6, 6.07) is 13.5. The van der Waals surface area contributed by atoms with Crippen LogP contribution in [0.5, 0.6) is 11.5 Å². The fourth-order valence-electron chi connectivity index (χ4n) is 3.95. The van der Waals surface area contributed by atoms with Crippen LogP contribution in [0, 0.1) is 13.8 Å². The van der Waals surface area contributed by atoms with E-state index in [0.717, 1.165) is 32.0 Å². The molecule has 0 saturated carbocycles. The number of carbonyl (C=O) groups excluding carboxylic acids is 1. The molecule has 0 bridgehead atoms. The molecule has 4 rings (SSSR count). The summed E-state index contributed by atoms with van der Waals surface area (Å²) in [4.78, 5) is 18.5. The van der Waals surface area contributed by atoms with Crippen LogP contribution >= 0.6 is 11.3 Å². The Bertz CT molecular complexity index is 1490. The largest absolute Gasteiger partial charge is 0.573 e. The second kappa shape index (κ2) is 12.2. The molecule has 2 aromatic carbocycles. The highest BCUT2D eigenvalue weighted by atomic mass is 32.1. The number of rotatable bonds is 8. The lowest BCUT2D eigenvalue weighted by Crippen LogP contribution is -2.20. The number of hydrazone groups is 1. The minimum atomic E-state index is -4.83. The van der Waals surface area contributed by atoms with Crippen LogP contribution in [0.25, 0.3) is 10.4 Å². The van der Waals surface area contributed by atoms with Crippen LogP contribution in [-0.2, 0) is 9.57 Å². The van der Waals surface area contributed by atoms with Gasteiger partial charge in [-0.1, -0.05) is 17.3 Å². The normalized spacial score (nSPS) is 13.6. The van der Waals surface area contributed by atoms with Gasteiger partial charge in [0.25, 0.3) is 0 Å². The SMILES string of the molecule is COC(=O)N/N=C/c1cc(C)c(-c2ccc(OCC3=C(C)ON=C(c4ccccc4OC(F)(F)F)C3)cc2C)s1. The fourth-order valence-corrected chi connectivity index (χ4v) is 5.08. The molecule has 12 heteroatoms. The summed E-state index contributed by atoms with van der Waals surface area (Å²) in [5.74, 6) is 0.808. The molecule has 0 fully saturated rings. The first-order valence-electron chi connectivity index (χ1n) is 12.0. The van der Waals surface area contributed by atoms with Crippen molar-refractivity contribution in [1.82, 2.24) is 5.43 Å². The molecule has 1 aromatic heterocycles. The van der Waals surface area contributed by atoms with Crippen molar-refractivity contribution in [1.29, 1.82) is 0 Å². The van der Waals surface area contributed by atoms with Crippen molar-refractivity contribution >= 4 is 29.4 Å². The highest BCUT2D eigenvalue weighted by Gasteiger charge is 2.33. The lowest BCUT2D eigenvalue weighted by molar-refractivity contribution is -0.274.